The largest absolute Gasteiger partial charge is 0.491 e. The van der Waals surface area contributed by atoms with Gasteiger partial charge in [0.1, 0.15) is 24.7 Å². The Kier molecular flexibility index (Phi) is 10.6. The van der Waals surface area contributed by atoms with Crippen molar-refractivity contribution in [1.82, 2.24) is 0 Å². The second kappa shape index (κ2) is 13.6. The maximum absolute atomic E-state index is 11.9. The van der Waals surface area contributed by atoms with Crippen LogP contribution in [0.4, 0.5) is 0 Å². The third kappa shape index (κ3) is 8.35. The zero-order valence-corrected chi connectivity index (χ0v) is 20.6. The highest BCUT2D eigenvalue weighted by Gasteiger charge is 2.30. The number of fused-ring (bicyclic) bond motifs is 2. The lowest BCUT2D eigenvalue weighted by Crippen LogP contribution is -2.33. The van der Waals surface area contributed by atoms with E-state index < -0.39 is 5.60 Å². The van der Waals surface area contributed by atoms with E-state index >= 15 is 0 Å². The maximum atomic E-state index is 11.9. The maximum Gasteiger partial charge on any atom is 0.122 e. The number of hydrogen-bond donors (Lipinski definition) is 1. The average molecular weight is 455 g/mol. The van der Waals surface area contributed by atoms with Crippen molar-refractivity contribution in [2.75, 3.05) is 26.4 Å². The van der Waals surface area contributed by atoms with Gasteiger partial charge in [0.15, 0.2) is 0 Å². The minimum Gasteiger partial charge on any atom is -0.491 e. The van der Waals surface area contributed by atoms with E-state index in [1.807, 2.05) is 24.3 Å². The molecule has 0 aromatic heterocycles. The van der Waals surface area contributed by atoms with Gasteiger partial charge in [-0.25, -0.2) is 0 Å². The van der Waals surface area contributed by atoms with Crippen molar-refractivity contribution < 1.29 is 19.3 Å². The summed E-state index contributed by atoms with van der Waals surface area (Å²) in [6, 6.07) is 16.4. The van der Waals surface area contributed by atoms with Crippen molar-refractivity contribution in [3.05, 3.63) is 59.7 Å². The van der Waals surface area contributed by atoms with Gasteiger partial charge in [0, 0.05) is 0 Å². The molecule has 0 spiro atoms. The van der Waals surface area contributed by atoms with Crippen LogP contribution in [0.5, 0.6) is 11.5 Å². The molecule has 182 valence electrons. The molecule has 1 N–H and O–H groups in total. The van der Waals surface area contributed by atoms with Gasteiger partial charge in [-0.15, -0.1) is 0 Å². The monoisotopic (exact) mass is 454 g/mol. The Morgan fingerprint density at radius 2 is 1.36 bits per heavy atom. The molecule has 0 bridgehead atoms. The third-order valence-electron chi connectivity index (χ3n) is 6.85. The molecular formula is C29H42O4. The molecule has 0 saturated heterocycles. The molecular weight excluding hydrogens is 412 g/mol. The smallest absolute Gasteiger partial charge is 0.122 e. The van der Waals surface area contributed by atoms with Crippen molar-refractivity contribution in [3.63, 3.8) is 0 Å². The molecule has 3 rings (SSSR count). The SMILES string of the molecule is CCCCC(CC)CC1(O)CCc2ccccc2OCCOCCOc2ccccc2CC1. The molecule has 1 heterocycles. The Bertz CT molecular complexity index is 763. The molecule has 0 amide bonds. The molecule has 0 radical (unpaired) electrons. The molecule has 1 aliphatic heterocycles. The minimum atomic E-state index is -0.713. The molecule has 33 heavy (non-hydrogen) atoms. The molecule has 0 fully saturated rings. The van der Waals surface area contributed by atoms with E-state index in [1.54, 1.807) is 0 Å². The second-order valence-electron chi connectivity index (χ2n) is 9.37. The van der Waals surface area contributed by atoms with Gasteiger partial charge in [-0.1, -0.05) is 75.9 Å². The normalized spacial score (nSPS) is 18.3. The fourth-order valence-electron chi connectivity index (χ4n) is 4.77. The summed E-state index contributed by atoms with van der Waals surface area (Å²) in [7, 11) is 0. The van der Waals surface area contributed by atoms with Crippen LogP contribution in [0, 0.1) is 5.92 Å². The molecule has 1 aliphatic rings. The van der Waals surface area contributed by atoms with Gasteiger partial charge in [0.25, 0.3) is 0 Å². The third-order valence-corrected chi connectivity index (χ3v) is 6.85. The van der Waals surface area contributed by atoms with Crippen LogP contribution in [0.15, 0.2) is 48.5 Å². The van der Waals surface area contributed by atoms with Gasteiger partial charge in [0.05, 0.1) is 18.8 Å². The fraction of sp³-hybridized carbons (Fsp3) is 0.586. The van der Waals surface area contributed by atoms with Crippen LogP contribution >= 0.6 is 0 Å². The van der Waals surface area contributed by atoms with Crippen molar-refractivity contribution in [2.45, 2.75) is 77.2 Å². The van der Waals surface area contributed by atoms with Crippen LogP contribution in [0.2, 0.25) is 0 Å². The molecule has 4 heteroatoms. The van der Waals surface area contributed by atoms with Crippen LogP contribution < -0.4 is 9.47 Å². The highest BCUT2D eigenvalue weighted by Crippen LogP contribution is 2.34. The van der Waals surface area contributed by atoms with Crippen molar-refractivity contribution in [1.29, 1.82) is 0 Å². The predicted molar refractivity (Wildman–Crippen MR) is 134 cm³/mol. The van der Waals surface area contributed by atoms with E-state index in [9.17, 15) is 5.11 Å². The molecule has 1 atom stereocenters. The van der Waals surface area contributed by atoms with Gasteiger partial charge in [-0.3, -0.25) is 0 Å². The van der Waals surface area contributed by atoms with Crippen LogP contribution in [0.1, 0.15) is 69.9 Å². The van der Waals surface area contributed by atoms with E-state index in [1.165, 1.54) is 19.3 Å². The zero-order valence-electron chi connectivity index (χ0n) is 20.6. The second-order valence-corrected chi connectivity index (χ2v) is 9.37. The molecule has 4 nitrogen and oxygen atoms in total. The summed E-state index contributed by atoms with van der Waals surface area (Å²) in [5.74, 6) is 2.35. The molecule has 0 aliphatic carbocycles. The number of hydrogen-bond acceptors (Lipinski definition) is 4. The summed E-state index contributed by atoms with van der Waals surface area (Å²) >= 11 is 0. The molecule has 2 aromatic carbocycles. The van der Waals surface area contributed by atoms with Crippen LogP contribution in [-0.4, -0.2) is 37.1 Å². The summed E-state index contributed by atoms with van der Waals surface area (Å²) in [6.07, 6.45) is 8.65. The molecule has 2 aromatic rings. The Hall–Kier alpha value is -2.04. The molecule has 0 saturated carbocycles. The highest BCUT2D eigenvalue weighted by molar-refractivity contribution is 5.34. The lowest BCUT2D eigenvalue weighted by molar-refractivity contribution is -0.00270. The number of rotatable bonds is 6. The highest BCUT2D eigenvalue weighted by atomic mass is 16.5. The number of ether oxygens (including phenoxy) is 3. The van der Waals surface area contributed by atoms with Crippen molar-refractivity contribution in [2.24, 2.45) is 5.92 Å². The number of aryl methyl sites for hydroxylation is 2. The standard InChI is InChI=1S/C29H42O4/c1-3-5-10-24(4-2)23-29(30)17-15-25-11-6-8-13-27(25)32-21-19-31-20-22-33-28-14-9-7-12-26(28)16-18-29/h6-9,11-14,24,30H,3-5,10,15-23H2,1-2H3. The van der Waals surface area contributed by atoms with E-state index in [0.29, 0.717) is 32.3 Å². The first-order valence-corrected chi connectivity index (χ1v) is 12.8. The van der Waals surface area contributed by atoms with E-state index in [0.717, 1.165) is 61.2 Å². The van der Waals surface area contributed by atoms with Gasteiger partial charge < -0.3 is 19.3 Å². The number of benzene rings is 2. The summed E-state index contributed by atoms with van der Waals surface area (Å²) in [4.78, 5) is 0. The topological polar surface area (TPSA) is 47.9 Å². The quantitative estimate of drug-likeness (QED) is 0.550. The first kappa shape index (κ1) is 25.6. The first-order valence-electron chi connectivity index (χ1n) is 12.8. The Morgan fingerprint density at radius 1 is 0.818 bits per heavy atom. The van der Waals surface area contributed by atoms with Gasteiger partial charge in [-0.2, -0.15) is 0 Å². The Labute approximate surface area is 200 Å². The predicted octanol–water partition coefficient (Wildman–Crippen LogP) is 6.38. The van der Waals surface area contributed by atoms with Crippen molar-refractivity contribution >= 4 is 0 Å². The van der Waals surface area contributed by atoms with E-state index in [-0.39, 0.29) is 0 Å². The Balaban J connectivity index is 1.82. The van der Waals surface area contributed by atoms with Crippen LogP contribution in [0.25, 0.3) is 0 Å². The van der Waals surface area contributed by atoms with E-state index in [2.05, 4.69) is 38.1 Å². The lowest BCUT2D eigenvalue weighted by Gasteiger charge is -2.33. The summed E-state index contributed by atoms with van der Waals surface area (Å²) < 4.78 is 17.7. The zero-order chi connectivity index (χ0) is 23.4. The van der Waals surface area contributed by atoms with Crippen LogP contribution in [0.3, 0.4) is 0 Å². The summed E-state index contributed by atoms with van der Waals surface area (Å²) in [5, 5.41) is 11.9. The molecule has 1 unspecified atom stereocenters. The van der Waals surface area contributed by atoms with Crippen LogP contribution in [-0.2, 0) is 17.6 Å². The fourth-order valence-corrected chi connectivity index (χ4v) is 4.77. The lowest BCUT2D eigenvalue weighted by atomic mass is 9.79. The van der Waals surface area contributed by atoms with Gasteiger partial charge in [-0.05, 0) is 61.3 Å². The van der Waals surface area contributed by atoms with Crippen molar-refractivity contribution in [3.8, 4) is 11.5 Å². The number of aliphatic hydroxyl groups is 1. The van der Waals surface area contributed by atoms with Gasteiger partial charge >= 0.3 is 0 Å². The van der Waals surface area contributed by atoms with Gasteiger partial charge in [0.2, 0.25) is 0 Å². The number of para-hydroxylation sites is 2. The first-order chi connectivity index (χ1) is 16.1. The van der Waals surface area contributed by atoms with E-state index in [4.69, 9.17) is 14.2 Å². The minimum absolute atomic E-state index is 0.507. The summed E-state index contributed by atoms with van der Waals surface area (Å²) in [5.41, 5.74) is 1.61. The summed E-state index contributed by atoms with van der Waals surface area (Å²) in [6.45, 7) is 6.57. The Morgan fingerprint density at radius 3 is 1.88 bits per heavy atom. The average Bonchev–Trinajstić information content (AvgIpc) is 2.84. The number of unbranched alkanes of at least 4 members (excludes halogenated alkanes) is 1.